The lowest BCUT2D eigenvalue weighted by Gasteiger charge is -2.34. The van der Waals surface area contributed by atoms with Gasteiger partial charge in [-0.05, 0) is 80.0 Å². The molecule has 3 aromatic rings. The lowest BCUT2D eigenvalue weighted by Crippen LogP contribution is -2.45. The van der Waals surface area contributed by atoms with Crippen molar-refractivity contribution in [3.63, 3.8) is 0 Å². The highest BCUT2D eigenvalue weighted by Gasteiger charge is 2.33. The van der Waals surface area contributed by atoms with E-state index in [2.05, 4.69) is 29.3 Å². The van der Waals surface area contributed by atoms with Gasteiger partial charge in [-0.25, -0.2) is 0 Å². The fourth-order valence-corrected chi connectivity index (χ4v) is 6.31. The molecule has 8 heteroatoms. The number of carbonyl (C=O) groups excluding carboxylic acids is 2. The fraction of sp³-hybridized carbons (Fsp3) is 0.459. The van der Waals surface area contributed by atoms with E-state index in [-0.39, 0.29) is 23.3 Å². The standard InChI is InChI=1S/C37H45F3N2O3/c1-3-26-45-34(43)27-36(4-2,29-12-6-5-7-13-29)22-10-11-23-42-24-20-31(21-25-42)41-35(44)33-15-9-8-14-32(33)28-16-18-30(19-17-28)37(38,39)40/h5-9,12-19,31H,3-4,10-11,20-27H2,1-2H3,(H,41,44). The first-order valence-corrected chi connectivity index (χ1v) is 16.2. The van der Waals surface area contributed by atoms with E-state index >= 15 is 0 Å². The molecular weight excluding hydrogens is 577 g/mol. The van der Waals surface area contributed by atoms with Gasteiger partial charge in [0.2, 0.25) is 0 Å². The van der Waals surface area contributed by atoms with Crippen molar-refractivity contribution in [2.75, 3.05) is 26.2 Å². The molecule has 242 valence electrons. The van der Waals surface area contributed by atoms with Crippen LogP contribution >= 0.6 is 0 Å². The molecule has 0 aromatic heterocycles. The molecular formula is C37H45F3N2O3. The highest BCUT2D eigenvalue weighted by atomic mass is 19.4. The molecule has 0 spiro atoms. The van der Waals surface area contributed by atoms with Crippen LogP contribution in [0.15, 0.2) is 78.9 Å². The van der Waals surface area contributed by atoms with Crippen molar-refractivity contribution >= 4 is 11.9 Å². The second-order valence-corrected chi connectivity index (χ2v) is 12.1. The molecule has 1 heterocycles. The van der Waals surface area contributed by atoms with Crippen LogP contribution in [0.5, 0.6) is 0 Å². The van der Waals surface area contributed by atoms with Crippen LogP contribution in [0.2, 0.25) is 0 Å². The highest BCUT2D eigenvalue weighted by Crippen LogP contribution is 2.37. The number of nitrogens with one attached hydrogen (secondary N) is 1. The number of hydrogen-bond donors (Lipinski definition) is 1. The number of unbranched alkanes of at least 4 members (excludes halogenated alkanes) is 1. The number of amides is 1. The van der Waals surface area contributed by atoms with Crippen molar-refractivity contribution in [3.05, 3.63) is 95.6 Å². The zero-order chi connectivity index (χ0) is 32.3. The summed E-state index contributed by atoms with van der Waals surface area (Å²) in [6, 6.07) is 22.3. The summed E-state index contributed by atoms with van der Waals surface area (Å²) in [5.41, 5.74) is 1.88. The van der Waals surface area contributed by atoms with Gasteiger partial charge in [0.15, 0.2) is 0 Å². The number of hydrogen-bond acceptors (Lipinski definition) is 4. The lowest BCUT2D eigenvalue weighted by molar-refractivity contribution is -0.145. The Labute approximate surface area is 265 Å². The van der Waals surface area contributed by atoms with Gasteiger partial charge >= 0.3 is 12.1 Å². The first kappa shape index (κ1) is 34.2. The molecule has 0 radical (unpaired) electrons. The number of esters is 1. The van der Waals surface area contributed by atoms with Crippen LogP contribution in [0.3, 0.4) is 0 Å². The minimum atomic E-state index is -4.41. The zero-order valence-corrected chi connectivity index (χ0v) is 26.4. The van der Waals surface area contributed by atoms with Crippen LogP contribution in [0, 0.1) is 0 Å². The predicted molar refractivity (Wildman–Crippen MR) is 172 cm³/mol. The minimum absolute atomic E-state index is 0.0365. The third-order valence-electron chi connectivity index (χ3n) is 9.01. The molecule has 0 aliphatic carbocycles. The fourth-order valence-electron chi connectivity index (χ4n) is 6.31. The van der Waals surface area contributed by atoms with Gasteiger partial charge in [-0.2, -0.15) is 13.2 Å². The second-order valence-electron chi connectivity index (χ2n) is 12.1. The van der Waals surface area contributed by atoms with Gasteiger partial charge in [0.25, 0.3) is 5.91 Å². The molecule has 0 saturated carbocycles. The Morgan fingerprint density at radius 3 is 2.18 bits per heavy atom. The van der Waals surface area contributed by atoms with E-state index in [0.29, 0.717) is 29.7 Å². The van der Waals surface area contributed by atoms with Crippen LogP contribution in [0.25, 0.3) is 11.1 Å². The largest absolute Gasteiger partial charge is 0.466 e. The molecule has 45 heavy (non-hydrogen) atoms. The van der Waals surface area contributed by atoms with Crippen LogP contribution in [-0.2, 0) is 21.1 Å². The summed E-state index contributed by atoms with van der Waals surface area (Å²) >= 11 is 0. The number of ether oxygens (including phenoxy) is 1. The Bertz CT molecular complexity index is 1370. The van der Waals surface area contributed by atoms with E-state index in [4.69, 9.17) is 4.74 Å². The van der Waals surface area contributed by atoms with Crippen molar-refractivity contribution in [2.24, 2.45) is 0 Å². The molecule has 1 fully saturated rings. The van der Waals surface area contributed by atoms with E-state index in [0.717, 1.165) is 76.7 Å². The smallest absolute Gasteiger partial charge is 0.416 e. The Hall–Kier alpha value is -3.65. The maximum Gasteiger partial charge on any atom is 0.416 e. The second kappa shape index (κ2) is 16.1. The minimum Gasteiger partial charge on any atom is -0.466 e. The number of halogens is 3. The van der Waals surface area contributed by atoms with E-state index in [1.54, 1.807) is 24.3 Å². The lowest BCUT2D eigenvalue weighted by atomic mass is 9.72. The van der Waals surface area contributed by atoms with Crippen molar-refractivity contribution in [3.8, 4) is 11.1 Å². The number of nitrogens with zero attached hydrogens (tertiary/aromatic N) is 1. The van der Waals surface area contributed by atoms with Crippen LogP contribution in [0.1, 0.15) is 86.7 Å². The Morgan fingerprint density at radius 2 is 1.53 bits per heavy atom. The first-order chi connectivity index (χ1) is 21.6. The highest BCUT2D eigenvalue weighted by molar-refractivity contribution is 6.01. The van der Waals surface area contributed by atoms with Gasteiger partial charge in [-0.1, -0.05) is 80.9 Å². The first-order valence-electron chi connectivity index (χ1n) is 16.2. The number of piperidine rings is 1. The zero-order valence-electron chi connectivity index (χ0n) is 26.4. The van der Waals surface area contributed by atoms with Gasteiger partial charge < -0.3 is 15.0 Å². The van der Waals surface area contributed by atoms with Crippen LogP contribution in [0.4, 0.5) is 13.2 Å². The third-order valence-corrected chi connectivity index (χ3v) is 9.01. The van der Waals surface area contributed by atoms with E-state index in [1.165, 1.54) is 17.7 Å². The SMILES string of the molecule is CCCOC(=O)CC(CC)(CCCCN1CCC(NC(=O)c2ccccc2-c2ccc(C(F)(F)F)cc2)CC1)c1ccccc1. The average Bonchev–Trinajstić information content (AvgIpc) is 3.06. The van der Waals surface area contributed by atoms with Gasteiger partial charge in [-0.3, -0.25) is 9.59 Å². The quantitative estimate of drug-likeness (QED) is 0.145. The van der Waals surface area contributed by atoms with Crippen molar-refractivity contribution in [1.82, 2.24) is 10.2 Å². The van der Waals surface area contributed by atoms with E-state index < -0.39 is 11.7 Å². The maximum atomic E-state index is 13.3. The van der Waals surface area contributed by atoms with E-state index in [1.807, 2.05) is 25.1 Å². The summed E-state index contributed by atoms with van der Waals surface area (Å²) in [5.74, 6) is -0.341. The van der Waals surface area contributed by atoms with Crippen molar-refractivity contribution in [1.29, 1.82) is 0 Å². The Morgan fingerprint density at radius 1 is 0.867 bits per heavy atom. The molecule has 4 rings (SSSR count). The van der Waals surface area contributed by atoms with Crippen molar-refractivity contribution in [2.45, 2.75) is 82.8 Å². The third kappa shape index (κ3) is 9.42. The molecule has 1 unspecified atom stereocenters. The number of carbonyl (C=O) groups is 2. The summed E-state index contributed by atoms with van der Waals surface area (Å²) in [4.78, 5) is 28.4. The average molecular weight is 623 g/mol. The molecule has 1 aliphatic rings. The number of rotatable bonds is 14. The topological polar surface area (TPSA) is 58.6 Å². The molecule has 0 bridgehead atoms. The summed E-state index contributed by atoms with van der Waals surface area (Å²) in [6.07, 6.45) is 2.27. The number of benzene rings is 3. The van der Waals surface area contributed by atoms with Gasteiger partial charge in [0, 0.05) is 30.1 Å². The van der Waals surface area contributed by atoms with Gasteiger partial charge in [0.1, 0.15) is 0 Å². The summed E-state index contributed by atoms with van der Waals surface area (Å²) in [5, 5.41) is 3.16. The summed E-state index contributed by atoms with van der Waals surface area (Å²) in [6.45, 7) is 7.34. The Balaban J connectivity index is 1.27. The normalized spacial score (nSPS) is 15.8. The number of likely N-dealkylation sites (tertiary alicyclic amines) is 1. The van der Waals surface area contributed by atoms with Gasteiger partial charge in [0.05, 0.1) is 18.6 Å². The monoisotopic (exact) mass is 622 g/mol. The molecule has 1 aliphatic heterocycles. The van der Waals surface area contributed by atoms with Gasteiger partial charge in [-0.15, -0.1) is 0 Å². The summed E-state index contributed by atoms with van der Waals surface area (Å²) < 4.78 is 44.5. The molecule has 1 amide bonds. The molecule has 3 aromatic carbocycles. The van der Waals surface area contributed by atoms with Crippen LogP contribution < -0.4 is 5.32 Å². The predicted octanol–water partition coefficient (Wildman–Crippen LogP) is 8.43. The molecule has 1 saturated heterocycles. The molecule has 1 N–H and O–H groups in total. The summed E-state index contributed by atoms with van der Waals surface area (Å²) in [7, 11) is 0. The van der Waals surface area contributed by atoms with E-state index in [9.17, 15) is 22.8 Å². The van der Waals surface area contributed by atoms with Crippen LogP contribution in [-0.4, -0.2) is 49.1 Å². The number of alkyl halides is 3. The maximum absolute atomic E-state index is 13.3. The Kier molecular flexibility index (Phi) is 12.2. The molecule has 1 atom stereocenters. The van der Waals surface area contributed by atoms with Crippen molar-refractivity contribution < 1.29 is 27.5 Å². The molecule has 5 nitrogen and oxygen atoms in total.